The summed E-state index contributed by atoms with van der Waals surface area (Å²) in [7, 11) is 0. The van der Waals surface area contributed by atoms with Gasteiger partial charge >= 0.3 is 0 Å². The minimum absolute atomic E-state index is 0.0367. The van der Waals surface area contributed by atoms with Gasteiger partial charge in [-0.25, -0.2) is 9.69 Å². The van der Waals surface area contributed by atoms with Crippen LogP contribution in [0.3, 0.4) is 0 Å². The monoisotopic (exact) mass is 430 g/mol. The van der Waals surface area contributed by atoms with Crippen LogP contribution in [0.25, 0.3) is 0 Å². The van der Waals surface area contributed by atoms with E-state index in [1.54, 1.807) is 18.4 Å². The Labute approximate surface area is 176 Å². The predicted molar refractivity (Wildman–Crippen MR) is 109 cm³/mol. The van der Waals surface area contributed by atoms with Crippen LogP contribution in [-0.4, -0.2) is 26.4 Å². The molecule has 2 aromatic heterocycles. The van der Waals surface area contributed by atoms with Gasteiger partial charge in [-0.05, 0) is 24.6 Å². The van der Waals surface area contributed by atoms with Gasteiger partial charge in [0, 0.05) is 6.42 Å². The number of nitrogens with zero attached hydrogens (tertiary/aromatic N) is 4. The lowest BCUT2D eigenvalue weighted by atomic mass is 10.0. The first kappa shape index (κ1) is 19.4. The fraction of sp³-hybridized carbons (Fsp3) is 0.200. The highest BCUT2D eigenvalue weighted by atomic mass is 35.5. The minimum atomic E-state index is -0.635. The van der Waals surface area contributed by atoms with E-state index in [9.17, 15) is 9.59 Å². The second-order valence-corrected chi connectivity index (χ2v) is 7.44. The predicted octanol–water partition coefficient (Wildman–Crippen LogP) is 3.83. The summed E-state index contributed by atoms with van der Waals surface area (Å²) >= 11 is 11.7. The molecule has 0 aliphatic carbocycles. The molecule has 3 heterocycles. The number of amides is 1. The second-order valence-electron chi connectivity index (χ2n) is 6.66. The van der Waals surface area contributed by atoms with Crippen LogP contribution in [0, 0.1) is 6.92 Å². The lowest BCUT2D eigenvalue weighted by Gasteiger charge is -2.20. The molecule has 1 aromatic carbocycles. The lowest BCUT2D eigenvalue weighted by Crippen LogP contribution is -2.35. The van der Waals surface area contributed by atoms with Crippen molar-refractivity contribution in [1.29, 1.82) is 0 Å². The third kappa shape index (κ3) is 3.83. The van der Waals surface area contributed by atoms with E-state index < -0.39 is 17.5 Å². The third-order valence-electron chi connectivity index (χ3n) is 4.65. The lowest BCUT2D eigenvalue weighted by molar-refractivity contribution is -0.134. The average Bonchev–Trinajstić information content (AvgIpc) is 3.38. The number of carbonyl (C=O) groups is 1. The van der Waals surface area contributed by atoms with Crippen LogP contribution in [0.4, 0.5) is 0 Å². The van der Waals surface area contributed by atoms with Crippen LogP contribution in [0.15, 0.2) is 63.2 Å². The van der Waals surface area contributed by atoms with Gasteiger partial charge in [0.15, 0.2) is 0 Å². The zero-order valence-corrected chi connectivity index (χ0v) is 16.9. The van der Waals surface area contributed by atoms with Crippen LogP contribution in [0.1, 0.15) is 29.3 Å². The molecular formula is C20H16Cl2N4O3. The van der Waals surface area contributed by atoms with Crippen molar-refractivity contribution in [3.63, 3.8) is 0 Å². The van der Waals surface area contributed by atoms with E-state index in [1.165, 1.54) is 11.2 Å². The summed E-state index contributed by atoms with van der Waals surface area (Å²) in [5.41, 5.74) is 2.18. The van der Waals surface area contributed by atoms with Gasteiger partial charge in [0.05, 0.1) is 23.2 Å². The molecule has 3 aromatic rings. The van der Waals surface area contributed by atoms with E-state index in [0.29, 0.717) is 12.2 Å². The summed E-state index contributed by atoms with van der Waals surface area (Å²) in [6.07, 6.45) is 3.27. The molecule has 9 heteroatoms. The summed E-state index contributed by atoms with van der Waals surface area (Å²) in [6, 6.07) is 11.0. The fourth-order valence-corrected chi connectivity index (χ4v) is 3.39. The molecular weight excluding hydrogens is 415 g/mol. The molecule has 0 fully saturated rings. The zero-order chi connectivity index (χ0) is 20.5. The smallest absolute Gasteiger partial charge is 0.287 e. The Kier molecular flexibility index (Phi) is 5.25. The minimum Gasteiger partial charge on any atom is -0.467 e. The van der Waals surface area contributed by atoms with Crippen molar-refractivity contribution in [2.75, 3.05) is 0 Å². The maximum absolute atomic E-state index is 13.0. The van der Waals surface area contributed by atoms with Gasteiger partial charge in [-0.2, -0.15) is 10.2 Å². The summed E-state index contributed by atoms with van der Waals surface area (Å²) in [6.45, 7) is 1.68. The Morgan fingerprint density at radius 1 is 1.24 bits per heavy atom. The largest absolute Gasteiger partial charge is 0.467 e. The van der Waals surface area contributed by atoms with Crippen LogP contribution in [-0.2, 0) is 11.3 Å². The number of hydrazone groups is 1. The van der Waals surface area contributed by atoms with E-state index in [4.69, 9.17) is 27.6 Å². The van der Waals surface area contributed by atoms with Gasteiger partial charge in [0.2, 0.25) is 0 Å². The first-order valence-corrected chi connectivity index (χ1v) is 9.60. The van der Waals surface area contributed by atoms with Crippen molar-refractivity contribution in [3.05, 3.63) is 86.1 Å². The van der Waals surface area contributed by atoms with Gasteiger partial charge in [0.25, 0.3) is 11.5 Å². The van der Waals surface area contributed by atoms with Crippen molar-refractivity contribution in [3.8, 4) is 0 Å². The molecule has 4 rings (SSSR count). The topological polar surface area (TPSA) is 80.7 Å². The molecule has 1 aliphatic rings. The number of rotatable bonds is 4. The molecule has 7 nitrogen and oxygen atoms in total. The zero-order valence-electron chi connectivity index (χ0n) is 15.4. The maximum atomic E-state index is 13.0. The molecule has 1 atom stereocenters. The van der Waals surface area contributed by atoms with E-state index in [0.717, 1.165) is 21.5 Å². The second kappa shape index (κ2) is 7.85. The molecule has 29 heavy (non-hydrogen) atoms. The van der Waals surface area contributed by atoms with Crippen LogP contribution < -0.4 is 5.56 Å². The summed E-state index contributed by atoms with van der Waals surface area (Å²) < 4.78 is 6.49. The normalized spacial score (nSPS) is 16.2. The number of hydrogen-bond acceptors (Lipinski definition) is 5. The fourth-order valence-electron chi connectivity index (χ4n) is 3.12. The highest BCUT2D eigenvalue weighted by molar-refractivity contribution is 6.41. The summed E-state index contributed by atoms with van der Waals surface area (Å²) in [5.74, 6) is 0.195. The molecule has 0 spiro atoms. The number of hydrogen-bond donors (Lipinski definition) is 0. The van der Waals surface area contributed by atoms with Gasteiger partial charge < -0.3 is 4.42 Å². The summed E-state index contributed by atoms with van der Waals surface area (Å²) in [4.78, 5) is 25.2. The van der Waals surface area contributed by atoms with Crippen LogP contribution in [0.5, 0.6) is 0 Å². The van der Waals surface area contributed by atoms with Gasteiger partial charge in [-0.15, -0.1) is 0 Å². The molecule has 0 saturated carbocycles. The first-order chi connectivity index (χ1) is 13.9. The van der Waals surface area contributed by atoms with Crippen molar-refractivity contribution in [2.45, 2.75) is 25.9 Å². The molecule has 1 unspecified atom stereocenters. The third-order valence-corrected chi connectivity index (χ3v) is 5.40. The number of aryl methyl sites for hydroxylation is 1. The van der Waals surface area contributed by atoms with Crippen molar-refractivity contribution >= 4 is 34.8 Å². The molecule has 1 amide bonds. The van der Waals surface area contributed by atoms with Gasteiger partial charge in [0.1, 0.15) is 23.4 Å². The maximum Gasteiger partial charge on any atom is 0.287 e. The number of furan rings is 1. The van der Waals surface area contributed by atoms with Crippen molar-refractivity contribution in [2.24, 2.45) is 5.10 Å². The number of benzene rings is 1. The van der Waals surface area contributed by atoms with E-state index in [-0.39, 0.29) is 16.6 Å². The van der Waals surface area contributed by atoms with Crippen LogP contribution >= 0.6 is 23.2 Å². The number of aromatic nitrogens is 2. The molecule has 1 aliphatic heterocycles. The van der Waals surface area contributed by atoms with E-state index in [1.807, 2.05) is 31.2 Å². The Hall–Kier alpha value is -2.90. The van der Waals surface area contributed by atoms with Crippen LogP contribution in [0.2, 0.25) is 10.0 Å². The Bertz CT molecular complexity index is 1140. The molecule has 148 valence electrons. The molecule has 0 radical (unpaired) electrons. The Balaban J connectivity index is 1.66. The Morgan fingerprint density at radius 2 is 2.00 bits per heavy atom. The highest BCUT2D eigenvalue weighted by Crippen LogP contribution is 2.33. The quantitative estimate of drug-likeness (QED) is 0.629. The molecule has 0 bridgehead atoms. The average molecular weight is 431 g/mol. The molecule has 0 saturated heterocycles. The van der Waals surface area contributed by atoms with Crippen molar-refractivity contribution in [1.82, 2.24) is 14.8 Å². The Morgan fingerprint density at radius 3 is 2.69 bits per heavy atom. The summed E-state index contributed by atoms with van der Waals surface area (Å²) in [5, 5.41) is 9.62. The number of halogens is 2. The molecule has 0 N–H and O–H groups in total. The van der Waals surface area contributed by atoms with Gasteiger partial charge in [-0.1, -0.05) is 53.0 Å². The van der Waals surface area contributed by atoms with Crippen molar-refractivity contribution < 1.29 is 9.21 Å². The standard InChI is InChI=1S/C20H16Cl2N4O3/c1-12-4-6-13(7-5-12)15-9-16(17-3-2-8-29-17)26(24-15)18(27)11-25-20(28)19(22)14(21)10-23-25/h2-8,10,16H,9,11H2,1H3. The first-order valence-electron chi connectivity index (χ1n) is 8.85. The SMILES string of the molecule is Cc1ccc(C2=NN(C(=O)Cn3ncc(Cl)c(Cl)c3=O)C(c3ccco3)C2)cc1. The highest BCUT2D eigenvalue weighted by Gasteiger charge is 2.35. The van der Waals surface area contributed by atoms with E-state index >= 15 is 0 Å². The number of carbonyl (C=O) groups excluding carboxylic acids is 1. The van der Waals surface area contributed by atoms with Gasteiger partial charge in [-0.3, -0.25) is 9.59 Å². The van der Waals surface area contributed by atoms with E-state index in [2.05, 4.69) is 10.2 Å².